The van der Waals surface area contributed by atoms with E-state index in [4.69, 9.17) is 4.74 Å². The molecule has 0 aromatic heterocycles. The molecule has 3 N–H and O–H groups in total. The summed E-state index contributed by atoms with van der Waals surface area (Å²) in [6.07, 6.45) is 0.151. The van der Waals surface area contributed by atoms with Gasteiger partial charge in [0, 0.05) is 6.54 Å². The van der Waals surface area contributed by atoms with Gasteiger partial charge in [-0.3, -0.25) is 19.3 Å². The highest BCUT2D eigenvalue weighted by molar-refractivity contribution is 6.05. The number of rotatable bonds is 6. The van der Waals surface area contributed by atoms with Gasteiger partial charge in [0.2, 0.25) is 5.91 Å². The molecule has 2 saturated heterocycles. The van der Waals surface area contributed by atoms with E-state index >= 15 is 0 Å². The number of amides is 3. The minimum atomic E-state index is -0.765. The van der Waals surface area contributed by atoms with Crippen LogP contribution in [0.25, 0.3) is 0 Å². The number of aliphatic hydroxyl groups excluding tert-OH is 1. The Labute approximate surface area is 173 Å². The Bertz CT molecular complexity index is 990. The average Bonchev–Trinajstić information content (AvgIpc) is 2.77. The van der Waals surface area contributed by atoms with E-state index in [1.165, 1.54) is 4.90 Å². The second-order valence-electron chi connectivity index (χ2n) is 7.12. The number of aliphatic hydroxyl groups is 1. The number of hydrogen-bond donors (Lipinski definition) is 3. The van der Waals surface area contributed by atoms with Crippen molar-refractivity contribution in [3.8, 4) is 0 Å². The number of hydrogen-bond acceptors (Lipinski definition) is 5. The van der Waals surface area contributed by atoms with E-state index in [1.807, 2.05) is 60.7 Å². The van der Waals surface area contributed by atoms with Gasteiger partial charge in [-0.2, -0.15) is 0 Å². The summed E-state index contributed by atoms with van der Waals surface area (Å²) >= 11 is 0. The van der Waals surface area contributed by atoms with E-state index < -0.39 is 29.8 Å². The molecule has 2 atom stereocenters. The molecule has 2 fully saturated rings. The maximum Gasteiger partial charge on any atom is 0.307 e. The van der Waals surface area contributed by atoms with E-state index in [-0.39, 0.29) is 31.2 Å². The van der Waals surface area contributed by atoms with Crippen LogP contribution in [0.2, 0.25) is 0 Å². The molecule has 0 bridgehead atoms. The molecular weight excluding hydrogens is 386 g/mol. The van der Waals surface area contributed by atoms with Crippen molar-refractivity contribution in [2.24, 2.45) is 0 Å². The highest BCUT2D eigenvalue weighted by Gasteiger charge is 2.54. The van der Waals surface area contributed by atoms with Crippen LogP contribution in [0.5, 0.6) is 0 Å². The Hall–Kier alpha value is -3.81. The lowest BCUT2D eigenvalue weighted by Gasteiger charge is -2.49. The van der Waals surface area contributed by atoms with Crippen LogP contribution in [0.1, 0.15) is 11.1 Å². The fourth-order valence-corrected chi connectivity index (χ4v) is 3.58. The molecule has 2 unspecified atom stereocenters. The van der Waals surface area contributed by atoms with Crippen LogP contribution in [0.3, 0.4) is 0 Å². The lowest BCUT2D eigenvalue weighted by molar-refractivity contribution is -0.155. The first kappa shape index (κ1) is 19.5. The number of nitrogens with one attached hydrogen (secondary N) is 2. The lowest BCUT2D eigenvalue weighted by Crippen LogP contribution is -2.76. The number of piperazine rings is 1. The topological polar surface area (TPSA) is 108 Å². The molecule has 4 rings (SSSR count). The predicted molar refractivity (Wildman–Crippen MR) is 107 cm³/mol. The summed E-state index contributed by atoms with van der Waals surface area (Å²) in [5, 5.41) is 15.7. The van der Waals surface area contributed by atoms with Crippen molar-refractivity contribution in [1.82, 2.24) is 15.5 Å². The number of β-lactam (4-membered cyclic amide) rings is 1. The molecule has 2 aliphatic heterocycles. The van der Waals surface area contributed by atoms with Gasteiger partial charge < -0.3 is 20.5 Å². The van der Waals surface area contributed by atoms with Gasteiger partial charge in [0.05, 0.1) is 12.5 Å². The van der Waals surface area contributed by atoms with Gasteiger partial charge in [0.15, 0.2) is 5.70 Å². The standard InChI is InChI=1S/C22H21N3O5/c26-17(11-14-7-3-1-4-8-14)24-18-16-12-23-20(27)19(25(16)21(18)28)22(29)30-13-15-9-5-2-6-10-15/h1-10,16,18,29H,11-13H2,(H,23,27)(H,24,26)/b22-19-. The zero-order valence-electron chi connectivity index (χ0n) is 16.1. The maximum atomic E-state index is 12.6. The zero-order valence-corrected chi connectivity index (χ0v) is 16.1. The van der Waals surface area contributed by atoms with E-state index in [9.17, 15) is 19.5 Å². The zero-order chi connectivity index (χ0) is 21.1. The number of nitrogens with zero attached hydrogens (tertiary/aromatic N) is 1. The fourth-order valence-electron chi connectivity index (χ4n) is 3.58. The molecule has 3 amide bonds. The van der Waals surface area contributed by atoms with Gasteiger partial charge in [0.25, 0.3) is 11.8 Å². The van der Waals surface area contributed by atoms with Crippen LogP contribution in [0.15, 0.2) is 72.3 Å². The minimum absolute atomic E-state index is 0.0490. The van der Waals surface area contributed by atoms with Crippen molar-refractivity contribution < 1.29 is 24.2 Å². The fraction of sp³-hybridized carbons (Fsp3) is 0.227. The molecule has 2 aromatic rings. The van der Waals surface area contributed by atoms with Crippen molar-refractivity contribution in [3.05, 3.63) is 83.4 Å². The van der Waals surface area contributed by atoms with Crippen molar-refractivity contribution in [2.45, 2.75) is 25.1 Å². The Kier molecular flexibility index (Phi) is 5.38. The molecule has 154 valence electrons. The number of carbonyl (C=O) groups excluding carboxylic acids is 3. The van der Waals surface area contributed by atoms with Crippen LogP contribution in [-0.4, -0.2) is 46.4 Å². The molecule has 2 aliphatic rings. The van der Waals surface area contributed by atoms with Gasteiger partial charge in [-0.1, -0.05) is 60.7 Å². The quantitative estimate of drug-likeness (QED) is 0.376. The number of ether oxygens (including phenoxy) is 1. The second kappa shape index (κ2) is 8.28. The third-order valence-corrected chi connectivity index (χ3v) is 5.09. The van der Waals surface area contributed by atoms with Crippen LogP contribution >= 0.6 is 0 Å². The number of fused-ring (bicyclic) bond motifs is 1. The predicted octanol–water partition coefficient (Wildman–Crippen LogP) is 0.998. The smallest absolute Gasteiger partial charge is 0.307 e. The van der Waals surface area contributed by atoms with Crippen molar-refractivity contribution in [2.75, 3.05) is 6.54 Å². The van der Waals surface area contributed by atoms with E-state index in [0.29, 0.717) is 0 Å². The molecule has 30 heavy (non-hydrogen) atoms. The first-order valence-electron chi connectivity index (χ1n) is 9.59. The normalized spacial score (nSPS) is 21.8. The summed E-state index contributed by atoms with van der Waals surface area (Å²) in [5.74, 6) is -1.96. The van der Waals surface area contributed by atoms with Crippen LogP contribution in [-0.2, 0) is 32.1 Å². The number of carbonyl (C=O) groups is 3. The summed E-state index contributed by atoms with van der Waals surface area (Å²) in [4.78, 5) is 38.4. The summed E-state index contributed by atoms with van der Waals surface area (Å²) in [7, 11) is 0. The number of benzene rings is 2. The van der Waals surface area contributed by atoms with Gasteiger partial charge in [-0.05, 0) is 11.1 Å². The molecule has 8 nitrogen and oxygen atoms in total. The monoisotopic (exact) mass is 407 g/mol. The SMILES string of the molecule is O=C(Cc1ccccc1)NC1C(=O)N2/C(=C(/O)OCc3ccccc3)C(=O)NCC12. The van der Waals surface area contributed by atoms with E-state index in [0.717, 1.165) is 11.1 Å². The third-order valence-electron chi connectivity index (χ3n) is 5.09. The largest absolute Gasteiger partial charge is 0.479 e. The molecule has 8 heteroatoms. The van der Waals surface area contributed by atoms with E-state index in [2.05, 4.69) is 10.6 Å². The molecule has 0 saturated carbocycles. The van der Waals surface area contributed by atoms with E-state index in [1.54, 1.807) is 0 Å². The molecule has 2 aromatic carbocycles. The molecule has 0 spiro atoms. The third kappa shape index (κ3) is 3.84. The highest BCUT2D eigenvalue weighted by atomic mass is 16.6. The first-order chi connectivity index (χ1) is 14.5. The Morgan fingerprint density at radius 3 is 2.37 bits per heavy atom. The Morgan fingerprint density at radius 2 is 1.70 bits per heavy atom. The average molecular weight is 407 g/mol. The van der Waals surface area contributed by atoms with Crippen molar-refractivity contribution in [3.63, 3.8) is 0 Å². The van der Waals surface area contributed by atoms with Gasteiger partial charge >= 0.3 is 5.95 Å². The summed E-state index contributed by atoms with van der Waals surface area (Å²) in [6.45, 7) is 0.226. The van der Waals surface area contributed by atoms with Gasteiger partial charge in [-0.15, -0.1) is 0 Å². The van der Waals surface area contributed by atoms with Crippen LogP contribution in [0.4, 0.5) is 0 Å². The van der Waals surface area contributed by atoms with Gasteiger partial charge in [0.1, 0.15) is 12.6 Å². The second-order valence-corrected chi connectivity index (χ2v) is 7.12. The summed E-state index contributed by atoms with van der Waals surface area (Å²) < 4.78 is 5.33. The maximum absolute atomic E-state index is 12.6. The Morgan fingerprint density at radius 1 is 1.07 bits per heavy atom. The van der Waals surface area contributed by atoms with Crippen molar-refractivity contribution >= 4 is 17.7 Å². The summed E-state index contributed by atoms with van der Waals surface area (Å²) in [6, 6.07) is 17.1. The highest BCUT2D eigenvalue weighted by Crippen LogP contribution is 2.30. The molecular formula is C22H21N3O5. The molecule has 0 aliphatic carbocycles. The lowest BCUT2D eigenvalue weighted by atomic mass is 9.91. The van der Waals surface area contributed by atoms with Gasteiger partial charge in [-0.25, -0.2) is 0 Å². The molecule has 0 radical (unpaired) electrons. The minimum Gasteiger partial charge on any atom is -0.479 e. The first-order valence-corrected chi connectivity index (χ1v) is 9.59. The van der Waals surface area contributed by atoms with Crippen LogP contribution in [0, 0.1) is 0 Å². The van der Waals surface area contributed by atoms with Crippen molar-refractivity contribution in [1.29, 1.82) is 0 Å². The molecule has 2 heterocycles. The Balaban J connectivity index is 1.42. The van der Waals surface area contributed by atoms with Crippen LogP contribution < -0.4 is 10.6 Å². The summed E-state index contributed by atoms with van der Waals surface area (Å²) in [5.41, 5.74) is 1.40.